The van der Waals surface area contributed by atoms with Crippen molar-refractivity contribution in [3.05, 3.63) is 52.5 Å². The van der Waals surface area contributed by atoms with Gasteiger partial charge in [-0.05, 0) is 34.5 Å². The van der Waals surface area contributed by atoms with Gasteiger partial charge in [0.25, 0.3) is 0 Å². The number of hydrogen-bond donors (Lipinski definition) is 0. The van der Waals surface area contributed by atoms with E-state index in [4.69, 9.17) is 0 Å². The van der Waals surface area contributed by atoms with E-state index in [-0.39, 0.29) is 0 Å². The lowest BCUT2D eigenvalue weighted by molar-refractivity contribution is 1.03. The fourth-order valence-electron chi connectivity index (χ4n) is 1.50. The maximum Gasteiger partial charge on any atom is -0.00402 e. The Kier molecular flexibility index (Phi) is 2.65. The van der Waals surface area contributed by atoms with E-state index >= 15 is 0 Å². The number of benzene rings is 1. The number of halogens is 1. The topological polar surface area (TPSA) is 0 Å². The molecule has 0 saturated carbocycles. The molecule has 1 aromatic rings. The van der Waals surface area contributed by atoms with E-state index in [1.165, 1.54) is 15.6 Å². The van der Waals surface area contributed by atoms with E-state index in [1.807, 2.05) is 6.07 Å². The standard InChI is InChI=1S/C12H11Br/c13-12-8-4-7-11(9-12)10-5-2-1-3-6-10/h1-3,5-7,9H,4,8H2. The molecule has 0 spiro atoms. The summed E-state index contributed by atoms with van der Waals surface area (Å²) in [6.45, 7) is 0. The predicted molar refractivity (Wildman–Crippen MR) is 60.7 cm³/mol. The lowest BCUT2D eigenvalue weighted by atomic mass is 10.00. The predicted octanol–water partition coefficient (Wildman–Crippen LogP) is 4.14. The molecule has 0 fully saturated rings. The third-order valence-corrected chi connectivity index (χ3v) is 2.79. The van der Waals surface area contributed by atoms with Crippen molar-refractivity contribution in [2.24, 2.45) is 0 Å². The molecule has 2 rings (SSSR count). The van der Waals surface area contributed by atoms with E-state index in [0.29, 0.717) is 0 Å². The van der Waals surface area contributed by atoms with Crippen molar-refractivity contribution >= 4 is 21.5 Å². The molecule has 1 heteroatoms. The molecule has 0 bridgehead atoms. The van der Waals surface area contributed by atoms with Crippen LogP contribution in [0.4, 0.5) is 0 Å². The van der Waals surface area contributed by atoms with Crippen LogP contribution in [-0.4, -0.2) is 0 Å². The van der Waals surface area contributed by atoms with Gasteiger partial charge in [-0.2, -0.15) is 0 Å². The van der Waals surface area contributed by atoms with Gasteiger partial charge in [0.15, 0.2) is 0 Å². The van der Waals surface area contributed by atoms with Gasteiger partial charge in [-0.25, -0.2) is 0 Å². The molecule has 0 aromatic heterocycles. The van der Waals surface area contributed by atoms with Crippen molar-refractivity contribution in [2.45, 2.75) is 12.8 Å². The van der Waals surface area contributed by atoms with Crippen LogP contribution in [0, 0.1) is 0 Å². The fourth-order valence-corrected chi connectivity index (χ4v) is 1.97. The first-order valence-corrected chi connectivity index (χ1v) is 5.27. The first-order chi connectivity index (χ1) is 6.36. The van der Waals surface area contributed by atoms with Gasteiger partial charge in [0, 0.05) is 0 Å². The molecular weight excluding hydrogens is 224 g/mol. The van der Waals surface area contributed by atoms with Gasteiger partial charge in [0.05, 0.1) is 0 Å². The van der Waals surface area contributed by atoms with E-state index in [1.54, 1.807) is 0 Å². The van der Waals surface area contributed by atoms with Crippen LogP contribution in [0.2, 0.25) is 0 Å². The minimum Gasteiger partial charge on any atom is -0.0763 e. The maximum absolute atomic E-state index is 3.55. The third kappa shape index (κ3) is 2.10. The molecule has 1 aliphatic carbocycles. The molecule has 0 N–H and O–H groups in total. The Morgan fingerprint density at radius 1 is 1.08 bits per heavy atom. The SMILES string of the molecule is BrC1=CC(c2ccccc2)=CCC1. The molecule has 0 saturated heterocycles. The lowest BCUT2D eigenvalue weighted by Gasteiger charge is -2.09. The summed E-state index contributed by atoms with van der Waals surface area (Å²) in [5.41, 5.74) is 2.64. The molecule has 13 heavy (non-hydrogen) atoms. The molecule has 0 aliphatic heterocycles. The number of rotatable bonds is 1. The van der Waals surface area contributed by atoms with Gasteiger partial charge in [-0.1, -0.05) is 52.3 Å². The second-order valence-electron chi connectivity index (χ2n) is 3.16. The molecule has 0 nitrogen and oxygen atoms in total. The zero-order chi connectivity index (χ0) is 9.10. The van der Waals surface area contributed by atoms with Crippen molar-refractivity contribution < 1.29 is 0 Å². The van der Waals surface area contributed by atoms with E-state index in [0.717, 1.165) is 12.8 Å². The Bertz CT molecular complexity index is 347. The minimum atomic E-state index is 1.14. The second kappa shape index (κ2) is 3.93. The molecule has 0 heterocycles. The largest absolute Gasteiger partial charge is 0.0763 e. The highest BCUT2D eigenvalue weighted by Gasteiger charge is 2.03. The van der Waals surface area contributed by atoms with Crippen molar-refractivity contribution in [1.82, 2.24) is 0 Å². The van der Waals surface area contributed by atoms with Crippen LogP contribution in [0.25, 0.3) is 5.57 Å². The minimum absolute atomic E-state index is 1.14. The quantitative estimate of drug-likeness (QED) is 0.686. The van der Waals surface area contributed by atoms with Crippen LogP contribution in [0.5, 0.6) is 0 Å². The van der Waals surface area contributed by atoms with Gasteiger partial charge in [0.1, 0.15) is 0 Å². The molecule has 0 unspecified atom stereocenters. The van der Waals surface area contributed by atoms with Crippen molar-refractivity contribution in [3.63, 3.8) is 0 Å². The lowest BCUT2D eigenvalue weighted by Crippen LogP contribution is -1.87. The Labute approximate surface area is 87.1 Å². The summed E-state index contributed by atoms with van der Waals surface area (Å²) in [6, 6.07) is 10.5. The van der Waals surface area contributed by atoms with Gasteiger partial charge in [-0.15, -0.1) is 0 Å². The van der Waals surface area contributed by atoms with Crippen LogP contribution < -0.4 is 0 Å². The highest BCUT2D eigenvalue weighted by atomic mass is 79.9. The Morgan fingerprint density at radius 2 is 1.85 bits per heavy atom. The van der Waals surface area contributed by atoms with Crippen LogP contribution in [-0.2, 0) is 0 Å². The Hall–Kier alpha value is -0.820. The summed E-state index contributed by atoms with van der Waals surface area (Å²) in [5.74, 6) is 0. The van der Waals surface area contributed by atoms with E-state index < -0.39 is 0 Å². The molecule has 0 radical (unpaired) electrons. The van der Waals surface area contributed by atoms with Crippen molar-refractivity contribution in [2.75, 3.05) is 0 Å². The molecule has 1 aromatic carbocycles. The summed E-state index contributed by atoms with van der Waals surface area (Å²) < 4.78 is 1.30. The summed E-state index contributed by atoms with van der Waals surface area (Å²) >= 11 is 3.55. The molecule has 0 atom stereocenters. The Morgan fingerprint density at radius 3 is 2.54 bits per heavy atom. The monoisotopic (exact) mass is 234 g/mol. The van der Waals surface area contributed by atoms with Gasteiger partial charge in [-0.3, -0.25) is 0 Å². The summed E-state index contributed by atoms with van der Waals surface area (Å²) in [6.07, 6.45) is 6.77. The Balaban J connectivity index is 2.33. The smallest absolute Gasteiger partial charge is 0.00402 e. The second-order valence-corrected chi connectivity index (χ2v) is 4.17. The number of allylic oxidation sites excluding steroid dienone is 4. The van der Waals surface area contributed by atoms with Crippen LogP contribution in [0.1, 0.15) is 18.4 Å². The molecule has 0 amide bonds. The fraction of sp³-hybridized carbons (Fsp3) is 0.167. The van der Waals surface area contributed by atoms with E-state index in [9.17, 15) is 0 Å². The average molecular weight is 235 g/mol. The highest BCUT2D eigenvalue weighted by molar-refractivity contribution is 9.11. The maximum atomic E-state index is 3.55. The van der Waals surface area contributed by atoms with Gasteiger partial charge >= 0.3 is 0 Å². The van der Waals surface area contributed by atoms with Gasteiger partial charge < -0.3 is 0 Å². The third-order valence-electron chi connectivity index (χ3n) is 2.17. The number of hydrogen-bond acceptors (Lipinski definition) is 0. The zero-order valence-corrected chi connectivity index (χ0v) is 8.92. The molecular formula is C12H11Br. The zero-order valence-electron chi connectivity index (χ0n) is 7.33. The molecule has 1 aliphatic rings. The highest BCUT2D eigenvalue weighted by Crippen LogP contribution is 2.27. The van der Waals surface area contributed by atoms with Crippen molar-refractivity contribution in [3.8, 4) is 0 Å². The van der Waals surface area contributed by atoms with Crippen LogP contribution in [0.15, 0.2) is 47.0 Å². The summed E-state index contributed by atoms with van der Waals surface area (Å²) in [7, 11) is 0. The van der Waals surface area contributed by atoms with Gasteiger partial charge in [0.2, 0.25) is 0 Å². The summed E-state index contributed by atoms with van der Waals surface area (Å²) in [4.78, 5) is 0. The molecule has 66 valence electrons. The van der Waals surface area contributed by atoms with Crippen molar-refractivity contribution in [1.29, 1.82) is 0 Å². The summed E-state index contributed by atoms with van der Waals surface area (Å²) in [5, 5.41) is 0. The first kappa shape index (κ1) is 8.76. The van der Waals surface area contributed by atoms with Crippen LogP contribution in [0.3, 0.4) is 0 Å². The first-order valence-electron chi connectivity index (χ1n) is 4.48. The average Bonchev–Trinajstić information content (AvgIpc) is 2.19. The van der Waals surface area contributed by atoms with Crippen LogP contribution >= 0.6 is 15.9 Å². The normalized spacial score (nSPS) is 16.4. The van der Waals surface area contributed by atoms with E-state index in [2.05, 4.69) is 52.3 Å².